The van der Waals surface area contributed by atoms with Crippen LogP contribution in [0.1, 0.15) is 5.56 Å². The number of aromatic amines is 1. The van der Waals surface area contributed by atoms with Gasteiger partial charge in [-0.3, -0.25) is 9.82 Å². The Kier molecular flexibility index (Phi) is 5.18. The Balaban J connectivity index is 1.59. The van der Waals surface area contributed by atoms with Gasteiger partial charge in [-0.05, 0) is 36.4 Å². The van der Waals surface area contributed by atoms with Gasteiger partial charge in [0.05, 0.1) is 11.1 Å². The van der Waals surface area contributed by atoms with Crippen LogP contribution in [0.5, 0.6) is 0 Å². The van der Waals surface area contributed by atoms with Crippen LogP contribution in [0, 0.1) is 0 Å². The number of para-hydroxylation sites is 1. The van der Waals surface area contributed by atoms with Crippen LogP contribution in [0.2, 0.25) is 0 Å². The van der Waals surface area contributed by atoms with Crippen molar-refractivity contribution in [2.45, 2.75) is 11.4 Å². The first-order valence-electron chi connectivity index (χ1n) is 7.73. The maximum atomic E-state index is 12.3. The number of rotatable bonds is 6. The Morgan fingerprint density at radius 2 is 1.73 bits per heavy atom. The summed E-state index contributed by atoms with van der Waals surface area (Å²) in [6, 6.07) is 14.1. The second-order valence-electron chi connectivity index (χ2n) is 5.41. The third-order valence-corrected chi connectivity index (χ3v) is 4.85. The molecule has 134 valence electrons. The fourth-order valence-electron chi connectivity index (χ4n) is 2.17. The Morgan fingerprint density at radius 1 is 1.00 bits per heavy atom. The molecule has 4 N–H and O–H groups in total. The molecule has 1 aromatic heterocycles. The molecule has 8 nitrogen and oxygen atoms in total. The van der Waals surface area contributed by atoms with E-state index < -0.39 is 16.1 Å². The molecule has 26 heavy (non-hydrogen) atoms. The standard InChI is InChI=1S/C17H17N5O3S/c23-17(18-10-13-11-19-20-12-13)21-14-6-8-16(9-7-14)26(24,25)22-15-4-2-1-3-5-15/h1-9,11-12,22H,10H2,(H,19,20)(H2,18,21,23). The van der Waals surface area contributed by atoms with Crippen LogP contribution in [0.4, 0.5) is 16.2 Å². The molecule has 0 unspecified atom stereocenters. The highest BCUT2D eigenvalue weighted by Crippen LogP contribution is 2.18. The average Bonchev–Trinajstić information content (AvgIpc) is 3.14. The third kappa shape index (κ3) is 4.61. The highest BCUT2D eigenvalue weighted by Gasteiger charge is 2.14. The lowest BCUT2D eigenvalue weighted by Crippen LogP contribution is -2.28. The maximum absolute atomic E-state index is 12.3. The lowest BCUT2D eigenvalue weighted by atomic mass is 10.3. The number of urea groups is 1. The summed E-state index contributed by atoms with van der Waals surface area (Å²) in [6.45, 7) is 0.329. The van der Waals surface area contributed by atoms with Crippen molar-refractivity contribution in [1.82, 2.24) is 15.5 Å². The van der Waals surface area contributed by atoms with Gasteiger partial charge in [0.25, 0.3) is 10.0 Å². The van der Waals surface area contributed by atoms with E-state index in [1.165, 1.54) is 24.3 Å². The van der Waals surface area contributed by atoms with Crippen LogP contribution in [0.3, 0.4) is 0 Å². The van der Waals surface area contributed by atoms with Gasteiger partial charge in [-0.2, -0.15) is 5.10 Å². The number of sulfonamides is 1. The van der Waals surface area contributed by atoms with Crippen LogP contribution in [-0.2, 0) is 16.6 Å². The molecule has 0 spiro atoms. The lowest BCUT2D eigenvalue weighted by molar-refractivity contribution is 0.251. The second-order valence-corrected chi connectivity index (χ2v) is 7.09. The van der Waals surface area contributed by atoms with Crippen LogP contribution >= 0.6 is 0 Å². The highest BCUT2D eigenvalue weighted by atomic mass is 32.2. The van der Waals surface area contributed by atoms with E-state index >= 15 is 0 Å². The van der Waals surface area contributed by atoms with E-state index in [0.717, 1.165) is 5.56 Å². The molecular weight excluding hydrogens is 354 g/mol. The van der Waals surface area contributed by atoms with Crippen molar-refractivity contribution in [3.05, 3.63) is 72.6 Å². The summed E-state index contributed by atoms with van der Waals surface area (Å²) in [6.07, 6.45) is 3.29. The van der Waals surface area contributed by atoms with Gasteiger partial charge in [0.1, 0.15) is 0 Å². The molecule has 3 rings (SSSR count). The van der Waals surface area contributed by atoms with Crippen LogP contribution in [0.15, 0.2) is 71.9 Å². The first-order valence-corrected chi connectivity index (χ1v) is 9.22. The summed E-state index contributed by atoms with van der Waals surface area (Å²) in [5.74, 6) is 0. The minimum atomic E-state index is -3.69. The molecule has 0 aliphatic rings. The zero-order valence-corrected chi connectivity index (χ0v) is 14.5. The fourth-order valence-corrected chi connectivity index (χ4v) is 3.23. The molecule has 1 heterocycles. The first kappa shape index (κ1) is 17.5. The Bertz CT molecular complexity index is 955. The number of benzene rings is 2. The number of hydrogen-bond acceptors (Lipinski definition) is 4. The van der Waals surface area contributed by atoms with Crippen molar-refractivity contribution in [1.29, 1.82) is 0 Å². The van der Waals surface area contributed by atoms with E-state index in [1.807, 2.05) is 0 Å². The van der Waals surface area contributed by atoms with Crippen molar-refractivity contribution in [3.63, 3.8) is 0 Å². The van der Waals surface area contributed by atoms with E-state index in [1.54, 1.807) is 42.7 Å². The third-order valence-electron chi connectivity index (χ3n) is 3.46. The van der Waals surface area contributed by atoms with E-state index in [9.17, 15) is 13.2 Å². The predicted octanol–water partition coefficient (Wildman–Crippen LogP) is 2.53. The number of carbonyl (C=O) groups is 1. The minimum absolute atomic E-state index is 0.103. The largest absolute Gasteiger partial charge is 0.334 e. The van der Waals surface area contributed by atoms with E-state index in [0.29, 0.717) is 17.9 Å². The number of anilines is 2. The normalized spacial score (nSPS) is 10.9. The maximum Gasteiger partial charge on any atom is 0.319 e. The fraction of sp³-hybridized carbons (Fsp3) is 0.0588. The molecule has 0 atom stereocenters. The van der Waals surface area contributed by atoms with Crippen LogP contribution in [-0.4, -0.2) is 24.6 Å². The molecule has 0 fully saturated rings. The molecule has 3 aromatic rings. The molecule has 0 aliphatic heterocycles. The SMILES string of the molecule is O=C(NCc1cn[nH]c1)Nc1ccc(S(=O)(=O)Nc2ccccc2)cc1. The van der Waals surface area contributed by atoms with E-state index in [4.69, 9.17) is 0 Å². The summed E-state index contributed by atoms with van der Waals surface area (Å²) in [7, 11) is -3.69. The molecule has 0 bridgehead atoms. The molecule has 2 aromatic carbocycles. The second kappa shape index (κ2) is 7.70. The van der Waals surface area contributed by atoms with Crippen molar-refractivity contribution in [2.75, 3.05) is 10.0 Å². The molecule has 0 radical (unpaired) electrons. The molecule has 0 saturated carbocycles. The Morgan fingerprint density at radius 3 is 2.38 bits per heavy atom. The summed E-state index contributed by atoms with van der Waals surface area (Å²) >= 11 is 0. The van der Waals surface area contributed by atoms with Crippen LogP contribution in [0.25, 0.3) is 0 Å². The van der Waals surface area contributed by atoms with Crippen molar-refractivity contribution in [3.8, 4) is 0 Å². The number of carbonyl (C=O) groups excluding carboxylic acids is 1. The van der Waals surface area contributed by atoms with Crippen molar-refractivity contribution in [2.24, 2.45) is 0 Å². The summed E-state index contributed by atoms with van der Waals surface area (Å²) in [5.41, 5.74) is 1.80. The summed E-state index contributed by atoms with van der Waals surface area (Å²) in [4.78, 5) is 11.9. The molecular formula is C17H17N5O3S. The van der Waals surface area contributed by atoms with E-state index in [2.05, 4.69) is 25.6 Å². The van der Waals surface area contributed by atoms with Gasteiger partial charge < -0.3 is 10.6 Å². The quantitative estimate of drug-likeness (QED) is 0.533. The smallest absolute Gasteiger partial charge is 0.319 e. The Hall–Kier alpha value is -3.33. The average molecular weight is 371 g/mol. The monoisotopic (exact) mass is 371 g/mol. The molecule has 2 amide bonds. The van der Waals surface area contributed by atoms with Crippen LogP contribution < -0.4 is 15.4 Å². The van der Waals surface area contributed by atoms with Crippen molar-refractivity contribution < 1.29 is 13.2 Å². The number of amides is 2. The first-order chi connectivity index (χ1) is 12.5. The zero-order valence-electron chi connectivity index (χ0n) is 13.6. The number of aromatic nitrogens is 2. The van der Waals surface area contributed by atoms with Gasteiger partial charge in [0, 0.05) is 29.7 Å². The lowest BCUT2D eigenvalue weighted by Gasteiger charge is -2.10. The zero-order chi connectivity index (χ0) is 18.4. The van der Waals surface area contributed by atoms with Gasteiger partial charge in [-0.1, -0.05) is 18.2 Å². The highest BCUT2D eigenvalue weighted by molar-refractivity contribution is 7.92. The van der Waals surface area contributed by atoms with Gasteiger partial charge in [-0.15, -0.1) is 0 Å². The molecule has 0 aliphatic carbocycles. The number of hydrogen-bond donors (Lipinski definition) is 4. The van der Waals surface area contributed by atoms with E-state index in [-0.39, 0.29) is 4.90 Å². The van der Waals surface area contributed by atoms with Gasteiger partial charge in [0.15, 0.2) is 0 Å². The minimum Gasteiger partial charge on any atom is -0.334 e. The van der Waals surface area contributed by atoms with Gasteiger partial charge in [0.2, 0.25) is 0 Å². The Labute approximate surface area is 150 Å². The van der Waals surface area contributed by atoms with Gasteiger partial charge in [-0.25, -0.2) is 13.2 Å². The molecule has 9 heteroatoms. The number of nitrogens with one attached hydrogen (secondary N) is 4. The van der Waals surface area contributed by atoms with Gasteiger partial charge >= 0.3 is 6.03 Å². The summed E-state index contributed by atoms with van der Waals surface area (Å²) < 4.78 is 27.2. The molecule has 0 saturated heterocycles. The predicted molar refractivity (Wildman–Crippen MR) is 98.1 cm³/mol. The number of nitrogens with zero attached hydrogens (tertiary/aromatic N) is 1. The summed E-state index contributed by atoms with van der Waals surface area (Å²) in [5, 5.41) is 11.8. The van der Waals surface area contributed by atoms with Crippen molar-refractivity contribution >= 4 is 27.4 Å². The topological polar surface area (TPSA) is 116 Å². The number of H-pyrrole nitrogens is 1.